The quantitative estimate of drug-likeness (QED) is 0.940. The molecule has 1 aliphatic rings. The Balaban J connectivity index is 1.79. The highest BCUT2D eigenvalue weighted by Crippen LogP contribution is 2.21. The van der Waals surface area contributed by atoms with Gasteiger partial charge in [-0.15, -0.1) is 0 Å². The number of hydrogen-bond donors (Lipinski definition) is 1. The predicted octanol–water partition coefficient (Wildman–Crippen LogP) is 2.76. The van der Waals surface area contributed by atoms with Crippen molar-refractivity contribution in [1.82, 2.24) is 14.9 Å². The van der Waals surface area contributed by atoms with Crippen molar-refractivity contribution in [3.8, 4) is 5.69 Å². The second-order valence-corrected chi connectivity index (χ2v) is 5.50. The maximum absolute atomic E-state index is 14.4. The Labute approximate surface area is 124 Å². The third-order valence-corrected chi connectivity index (χ3v) is 3.97. The van der Waals surface area contributed by atoms with Crippen molar-refractivity contribution in [2.45, 2.75) is 32.4 Å². The van der Waals surface area contributed by atoms with Crippen LogP contribution in [0, 0.1) is 12.7 Å². The van der Waals surface area contributed by atoms with Crippen LogP contribution in [0.1, 0.15) is 30.8 Å². The van der Waals surface area contributed by atoms with Crippen molar-refractivity contribution in [1.29, 1.82) is 0 Å². The molecule has 1 aliphatic heterocycles. The summed E-state index contributed by atoms with van der Waals surface area (Å²) in [7, 11) is 0. The first-order chi connectivity index (χ1) is 10.1. The number of aryl methyl sites for hydroxylation is 1. The fourth-order valence-electron chi connectivity index (χ4n) is 2.74. The van der Waals surface area contributed by atoms with Gasteiger partial charge in [0.1, 0.15) is 11.6 Å². The van der Waals surface area contributed by atoms with E-state index < -0.39 is 0 Å². The van der Waals surface area contributed by atoms with Gasteiger partial charge in [-0.25, -0.2) is 9.37 Å². The molecule has 0 unspecified atom stereocenters. The second kappa shape index (κ2) is 5.95. The summed E-state index contributed by atoms with van der Waals surface area (Å²) in [5, 5.41) is 3.48. The van der Waals surface area contributed by atoms with Crippen LogP contribution in [0.15, 0.2) is 30.6 Å². The number of halogens is 1. The van der Waals surface area contributed by atoms with E-state index in [2.05, 4.69) is 17.2 Å². The molecule has 2 heterocycles. The SMILES string of the molecule is Cc1nccn1-c1ccc([C@@H](C)N[C@H]2CCOC2)cc1F. The van der Waals surface area contributed by atoms with Crippen LogP contribution in [0.25, 0.3) is 5.69 Å². The summed E-state index contributed by atoms with van der Waals surface area (Å²) in [5.41, 5.74) is 1.48. The molecule has 1 aromatic heterocycles. The van der Waals surface area contributed by atoms with Crippen molar-refractivity contribution < 1.29 is 9.13 Å². The summed E-state index contributed by atoms with van der Waals surface area (Å²) in [4.78, 5) is 4.13. The summed E-state index contributed by atoms with van der Waals surface area (Å²) >= 11 is 0. The lowest BCUT2D eigenvalue weighted by Gasteiger charge is -2.19. The zero-order chi connectivity index (χ0) is 14.8. The maximum atomic E-state index is 14.4. The van der Waals surface area contributed by atoms with E-state index in [-0.39, 0.29) is 11.9 Å². The van der Waals surface area contributed by atoms with Crippen LogP contribution in [0.3, 0.4) is 0 Å². The lowest BCUT2D eigenvalue weighted by molar-refractivity contribution is 0.188. The van der Waals surface area contributed by atoms with E-state index in [1.54, 1.807) is 23.0 Å². The minimum Gasteiger partial charge on any atom is -0.380 e. The summed E-state index contributed by atoms with van der Waals surface area (Å²) < 4.78 is 21.5. The molecule has 21 heavy (non-hydrogen) atoms. The molecule has 1 aromatic carbocycles. The number of nitrogens with zero attached hydrogens (tertiary/aromatic N) is 2. The van der Waals surface area contributed by atoms with Crippen molar-refractivity contribution in [3.05, 3.63) is 47.8 Å². The molecular formula is C16H20FN3O. The van der Waals surface area contributed by atoms with E-state index in [9.17, 15) is 4.39 Å². The highest BCUT2D eigenvalue weighted by molar-refractivity contribution is 5.38. The van der Waals surface area contributed by atoms with Gasteiger partial charge in [0, 0.05) is 31.1 Å². The van der Waals surface area contributed by atoms with Crippen LogP contribution in [-0.2, 0) is 4.74 Å². The van der Waals surface area contributed by atoms with E-state index >= 15 is 0 Å². The Morgan fingerprint density at radius 1 is 1.48 bits per heavy atom. The molecule has 0 saturated carbocycles. The molecule has 2 atom stereocenters. The Bertz CT molecular complexity index is 620. The third-order valence-electron chi connectivity index (χ3n) is 3.97. The molecule has 5 heteroatoms. The Kier molecular flexibility index (Phi) is 4.03. The van der Waals surface area contributed by atoms with Crippen molar-refractivity contribution in [2.24, 2.45) is 0 Å². The normalized spacial score (nSPS) is 19.9. The number of ether oxygens (including phenoxy) is 1. The molecular weight excluding hydrogens is 269 g/mol. The number of nitrogens with one attached hydrogen (secondary N) is 1. The molecule has 1 N–H and O–H groups in total. The molecule has 2 aromatic rings. The van der Waals surface area contributed by atoms with Gasteiger partial charge in [0.25, 0.3) is 0 Å². The fraction of sp³-hybridized carbons (Fsp3) is 0.438. The van der Waals surface area contributed by atoms with E-state index in [0.29, 0.717) is 11.7 Å². The molecule has 1 fully saturated rings. The molecule has 0 amide bonds. The Morgan fingerprint density at radius 3 is 2.95 bits per heavy atom. The average molecular weight is 289 g/mol. The van der Waals surface area contributed by atoms with Crippen LogP contribution < -0.4 is 5.32 Å². The monoisotopic (exact) mass is 289 g/mol. The zero-order valence-corrected chi connectivity index (χ0v) is 12.3. The first-order valence-electron chi connectivity index (χ1n) is 7.28. The number of imidazole rings is 1. The molecule has 0 spiro atoms. The Morgan fingerprint density at radius 2 is 2.33 bits per heavy atom. The highest BCUT2D eigenvalue weighted by Gasteiger charge is 2.19. The van der Waals surface area contributed by atoms with Gasteiger partial charge in [0.15, 0.2) is 0 Å². The first kappa shape index (κ1) is 14.2. The van der Waals surface area contributed by atoms with Gasteiger partial charge in [0.2, 0.25) is 0 Å². The number of rotatable bonds is 4. The minimum atomic E-state index is -0.232. The summed E-state index contributed by atoms with van der Waals surface area (Å²) in [6, 6.07) is 5.83. The maximum Gasteiger partial charge on any atom is 0.147 e. The first-order valence-corrected chi connectivity index (χ1v) is 7.28. The van der Waals surface area contributed by atoms with Gasteiger partial charge in [-0.05, 0) is 38.0 Å². The van der Waals surface area contributed by atoms with Gasteiger partial charge in [-0.2, -0.15) is 0 Å². The number of hydrogen-bond acceptors (Lipinski definition) is 3. The average Bonchev–Trinajstić information content (AvgIpc) is 3.10. The number of aromatic nitrogens is 2. The molecule has 4 nitrogen and oxygen atoms in total. The minimum absolute atomic E-state index is 0.101. The summed E-state index contributed by atoms with van der Waals surface area (Å²) in [5.74, 6) is 0.542. The molecule has 0 aliphatic carbocycles. The molecule has 1 saturated heterocycles. The summed E-state index contributed by atoms with van der Waals surface area (Å²) in [6.45, 7) is 5.45. The molecule has 3 rings (SSSR count). The van der Waals surface area contributed by atoms with Crippen LogP contribution >= 0.6 is 0 Å². The zero-order valence-electron chi connectivity index (χ0n) is 12.3. The fourth-order valence-corrected chi connectivity index (χ4v) is 2.74. The van der Waals surface area contributed by atoms with E-state index in [4.69, 9.17) is 4.74 Å². The van der Waals surface area contributed by atoms with Gasteiger partial charge >= 0.3 is 0 Å². The van der Waals surface area contributed by atoms with Crippen molar-refractivity contribution in [2.75, 3.05) is 13.2 Å². The predicted molar refractivity (Wildman–Crippen MR) is 79.0 cm³/mol. The van der Waals surface area contributed by atoms with E-state index in [1.807, 2.05) is 19.1 Å². The molecule has 0 radical (unpaired) electrons. The highest BCUT2D eigenvalue weighted by atomic mass is 19.1. The second-order valence-electron chi connectivity index (χ2n) is 5.50. The third kappa shape index (κ3) is 2.99. The van der Waals surface area contributed by atoms with Crippen molar-refractivity contribution >= 4 is 0 Å². The van der Waals surface area contributed by atoms with Gasteiger partial charge in [-0.1, -0.05) is 6.07 Å². The van der Waals surface area contributed by atoms with Gasteiger partial charge < -0.3 is 14.6 Å². The lowest BCUT2D eigenvalue weighted by Crippen LogP contribution is -2.31. The number of benzene rings is 1. The van der Waals surface area contributed by atoms with Crippen molar-refractivity contribution in [3.63, 3.8) is 0 Å². The van der Waals surface area contributed by atoms with Gasteiger partial charge in [0.05, 0.1) is 12.3 Å². The van der Waals surface area contributed by atoms with Crippen LogP contribution in [0.4, 0.5) is 4.39 Å². The van der Waals surface area contributed by atoms with E-state index in [1.165, 1.54) is 0 Å². The van der Waals surface area contributed by atoms with Crippen LogP contribution in [0.2, 0.25) is 0 Å². The smallest absolute Gasteiger partial charge is 0.147 e. The lowest BCUT2D eigenvalue weighted by atomic mass is 10.1. The standard InChI is InChI=1S/C16H20FN3O/c1-11(19-14-5-8-21-10-14)13-3-4-16(15(17)9-13)20-7-6-18-12(20)2/h3-4,6-7,9,11,14,19H,5,8,10H2,1-2H3/t11-,14+/m1/s1. The van der Waals surface area contributed by atoms with Crippen LogP contribution in [0.5, 0.6) is 0 Å². The van der Waals surface area contributed by atoms with Crippen LogP contribution in [-0.4, -0.2) is 28.8 Å². The molecule has 0 bridgehead atoms. The molecule has 112 valence electrons. The van der Waals surface area contributed by atoms with E-state index in [0.717, 1.165) is 31.0 Å². The largest absolute Gasteiger partial charge is 0.380 e. The summed E-state index contributed by atoms with van der Waals surface area (Å²) in [6.07, 6.45) is 4.46. The van der Waals surface area contributed by atoms with Gasteiger partial charge in [-0.3, -0.25) is 0 Å². The Hall–Kier alpha value is -1.72. The topological polar surface area (TPSA) is 39.1 Å².